The number of aromatic nitrogens is 4. The summed E-state index contributed by atoms with van der Waals surface area (Å²) in [5.41, 5.74) is 2.28. The summed E-state index contributed by atoms with van der Waals surface area (Å²) in [5, 5.41) is 4.57. The largest absolute Gasteiger partial charge is 0.417 e. The smallest absolute Gasteiger partial charge is 0.255 e. The molecule has 5 aromatic rings. The van der Waals surface area contributed by atoms with E-state index < -0.39 is 11.7 Å². The van der Waals surface area contributed by atoms with Gasteiger partial charge in [-0.05, 0) is 37.3 Å². The summed E-state index contributed by atoms with van der Waals surface area (Å²) >= 11 is 0. The first-order valence-electron chi connectivity index (χ1n) is 9.96. The number of hydrogen-bond donors (Lipinski definition) is 0. The van der Waals surface area contributed by atoms with Gasteiger partial charge in [0.2, 0.25) is 0 Å². The van der Waals surface area contributed by atoms with Crippen molar-refractivity contribution in [1.29, 1.82) is 0 Å². The zero-order chi connectivity index (χ0) is 22.3. The molecule has 0 aliphatic carbocycles. The van der Waals surface area contributed by atoms with Crippen LogP contribution in [0.2, 0.25) is 0 Å². The number of nitrogens with zero attached hydrogens (tertiary/aromatic N) is 4. The summed E-state index contributed by atoms with van der Waals surface area (Å²) < 4.78 is 44.4. The van der Waals surface area contributed by atoms with Gasteiger partial charge in [-0.1, -0.05) is 54.1 Å². The monoisotopic (exact) mass is 430 g/mol. The Labute approximate surface area is 182 Å². The van der Waals surface area contributed by atoms with E-state index in [-0.39, 0.29) is 22.4 Å². The van der Waals surface area contributed by atoms with Gasteiger partial charge >= 0.3 is 6.18 Å². The second-order valence-electron chi connectivity index (χ2n) is 7.43. The van der Waals surface area contributed by atoms with Crippen LogP contribution in [0.1, 0.15) is 11.1 Å². The molecule has 0 radical (unpaired) electrons. The number of aryl methyl sites for hydroxylation is 1. The van der Waals surface area contributed by atoms with E-state index in [2.05, 4.69) is 15.1 Å². The number of benzene rings is 2. The minimum atomic E-state index is -4.60. The van der Waals surface area contributed by atoms with Crippen LogP contribution in [0.5, 0.6) is 0 Å². The van der Waals surface area contributed by atoms with Crippen LogP contribution in [0, 0.1) is 6.92 Å². The van der Waals surface area contributed by atoms with E-state index in [9.17, 15) is 13.2 Å². The minimum Gasteiger partial charge on any atom is -0.255 e. The number of hydrogen-bond acceptors (Lipinski definition) is 3. The lowest BCUT2D eigenvalue weighted by Gasteiger charge is -2.12. The van der Waals surface area contributed by atoms with Crippen molar-refractivity contribution in [3.05, 3.63) is 96.2 Å². The van der Waals surface area contributed by atoms with Crippen LogP contribution in [-0.2, 0) is 6.18 Å². The van der Waals surface area contributed by atoms with Gasteiger partial charge in [-0.3, -0.25) is 4.98 Å². The van der Waals surface area contributed by atoms with E-state index in [4.69, 9.17) is 0 Å². The van der Waals surface area contributed by atoms with Gasteiger partial charge in [0.15, 0.2) is 5.65 Å². The van der Waals surface area contributed by atoms with Crippen LogP contribution in [0.25, 0.3) is 39.4 Å². The predicted molar refractivity (Wildman–Crippen MR) is 117 cm³/mol. The number of para-hydroxylation sites is 1. The molecule has 0 saturated heterocycles. The fourth-order valence-electron chi connectivity index (χ4n) is 3.65. The molecule has 158 valence electrons. The van der Waals surface area contributed by atoms with Gasteiger partial charge in [-0.25, -0.2) is 9.67 Å². The van der Waals surface area contributed by atoms with Crippen LogP contribution in [-0.4, -0.2) is 19.7 Å². The van der Waals surface area contributed by atoms with Gasteiger partial charge < -0.3 is 0 Å². The van der Waals surface area contributed by atoms with Crippen LogP contribution < -0.4 is 0 Å². The van der Waals surface area contributed by atoms with Gasteiger partial charge in [-0.15, -0.1) is 0 Å². The average molecular weight is 430 g/mol. The van der Waals surface area contributed by atoms with Gasteiger partial charge in [0.1, 0.15) is 5.69 Å². The quantitative estimate of drug-likeness (QED) is 0.329. The maximum absolute atomic E-state index is 14.3. The summed E-state index contributed by atoms with van der Waals surface area (Å²) in [6, 6.07) is 22.4. The SMILES string of the molecule is Cc1ccc(-c2nn(-c3ccccc3)c3nc(-c4ccccn4)cc(C(F)(F)F)c23)cc1. The molecule has 0 spiro atoms. The highest BCUT2D eigenvalue weighted by Crippen LogP contribution is 2.41. The first kappa shape index (κ1) is 19.9. The Morgan fingerprint density at radius 1 is 0.812 bits per heavy atom. The Balaban J connectivity index is 1.90. The normalized spacial score (nSPS) is 11.8. The van der Waals surface area contributed by atoms with Crippen molar-refractivity contribution < 1.29 is 13.2 Å². The fraction of sp³-hybridized carbons (Fsp3) is 0.0800. The maximum atomic E-state index is 14.3. The van der Waals surface area contributed by atoms with E-state index in [1.807, 2.05) is 37.3 Å². The molecule has 0 aliphatic heterocycles. The van der Waals surface area contributed by atoms with E-state index in [0.29, 0.717) is 16.9 Å². The number of halogens is 3. The van der Waals surface area contributed by atoms with Crippen molar-refractivity contribution in [2.45, 2.75) is 13.1 Å². The third-order valence-corrected chi connectivity index (χ3v) is 5.20. The first-order valence-corrected chi connectivity index (χ1v) is 9.96. The van der Waals surface area contributed by atoms with Crippen LogP contribution in [0.15, 0.2) is 85.1 Å². The molecule has 7 heteroatoms. The molecular formula is C25H17F3N4. The van der Waals surface area contributed by atoms with Gasteiger partial charge in [0, 0.05) is 11.8 Å². The Hall–Kier alpha value is -4.00. The molecular weight excluding hydrogens is 413 g/mol. The molecule has 0 bridgehead atoms. The molecule has 2 aromatic carbocycles. The minimum absolute atomic E-state index is 0.0371. The van der Waals surface area contributed by atoms with E-state index in [1.54, 1.807) is 42.5 Å². The molecule has 0 aliphatic rings. The average Bonchev–Trinajstić information content (AvgIpc) is 3.19. The summed E-state index contributed by atoms with van der Waals surface area (Å²) in [4.78, 5) is 8.79. The maximum Gasteiger partial charge on any atom is 0.417 e. The van der Waals surface area contributed by atoms with Crippen molar-refractivity contribution in [3.8, 4) is 28.3 Å². The van der Waals surface area contributed by atoms with E-state index >= 15 is 0 Å². The van der Waals surface area contributed by atoms with Crippen molar-refractivity contribution in [2.75, 3.05) is 0 Å². The molecule has 3 heterocycles. The summed E-state index contributed by atoms with van der Waals surface area (Å²) in [6.07, 6.45) is -3.07. The summed E-state index contributed by atoms with van der Waals surface area (Å²) in [5.74, 6) is 0. The molecule has 0 saturated carbocycles. The summed E-state index contributed by atoms with van der Waals surface area (Å²) in [6.45, 7) is 1.92. The highest BCUT2D eigenvalue weighted by atomic mass is 19.4. The zero-order valence-electron chi connectivity index (χ0n) is 17.0. The second-order valence-corrected chi connectivity index (χ2v) is 7.43. The van der Waals surface area contributed by atoms with Crippen LogP contribution >= 0.6 is 0 Å². The Kier molecular flexibility index (Phi) is 4.74. The Morgan fingerprint density at radius 2 is 1.53 bits per heavy atom. The molecule has 5 rings (SSSR count). The topological polar surface area (TPSA) is 43.6 Å². The van der Waals surface area contributed by atoms with Crippen LogP contribution in [0.3, 0.4) is 0 Å². The lowest BCUT2D eigenvalue weighted by molar-refractivity contribution is -0.136. The molecule has 0 unspecified atom stereocenters. The molecule has 0 fully saturated rings. The third kappa shape index (κ3) is 3.51. The highest BCUT2D eigenvalue weighted by molar-refractivity contribution is 5.96. The van der Waals surface area contributed by atoms with E-state index in [1.165, 1.54) is 10.9 Å². The molecule has 4 nitrogen and oxygen atoms in total. The number of rotatable bonds is 3. The third-order valence-electron chi connectivity index (χ3n) is 5.20. The lowest BCUT2D eigenvalue weighted by Crippen LogP contribution is -2.08. The molecule has 0 atom stereocenters. The summed E-state index contributed by atoms with van der Waals surface area (Å²) in [7, 11) is 0. The van der Waals surface area contributed by atoms with Crippen molar-refractivity contribution in [1.82, 2.24) is 19.7 Å². The highest BCUT2D eigenvalue weighted by Gasteiger charge is 2.36. The van der Waals surface area contributed by atoms with Crippen molar-refractivity contribution in [2.24, 2.45) is 0 Å². The predicted octanol–water partition coefficient (Wildman–Crippen LogP) is 6.48. The number of fused-ring (bicyclic) bond motifs is 1. The molecule has 0 amide bonds. The fourth-order valence-corrected chi connectivity index (χ4v) is 3.65. The molecule has 0 N–H and O–H groups in total. The van der Waals surface area contributed by atoms with Crippen molar-refractivity contribution in [3.63, 3.8) is 0 Å². The van der Waals surface area contributed by atoms with Gasteiger partial charge in [0.05, 0.1) is 28.0 Å². The molecule has 32 heavy (non-hydrogen) atoms. The second kappa shape index (κ2) is 7.60. The first-order chi connectivity index (χ1) is 15.4. The number of alkyl halides is 3. The zero-order valence-corrected chi connectivity index (χ0v) is 17.0. The lowest BCUT2D eigenvalue weighted by atomic mass is 10.0. The Morgan fingerprint density at radius 3 is 2.19 bits per heavy atom. The standard InChI is InChI=1S/C25H17F3N4/c1-16-10-12-17(13-11-16)23-22-19(25(26,27)28)15-21(20-9-5-6-14-29-20)30-24(22)32(31-23)18-7-3-2-4-8-18/h2-15H,1H3. The van der Waals surface area contributed by atoms with Gasteiger partial charge in [-0.2, -0.15) is 18.3 Å². The number of pyridine rings is 2. The van der Waals surface area contributed by atoms with Crippen LogP contribution in [0.4, 0.5) is 13.2 Å². The molecule has 3 aromatic heterocycles. The Bertz CT molecular complexity index is 1390. The van der Waals surface area contributed by atoms with E-state index in [0.717, 1.165) is 11.6 Å². The van der Waals surface area contributed by atoms with Crippen molar-refractivity contribution >= 4 is 11.0 Å². The van der Waals surface area contributed by atoms with Gasteiger partial charge in [0.25, 0.3) is 0 Å².